The highest BCUT2D eigenvalue weighted by Gasteiger charge is 2.19. The van der Waals surface area contributed by atoms with Gasteiger partial charge < -0.3 is 20.4 Å². The third-order valence-electron chi connectivity index (χ3n) is 4.83. The van der Waals surface area contributed by atoms with E-state index in [9.17, 15) is 4.79 Å². The van der Waals surface area contributed by atoms with E-state index < -0.39 is 0 Å². The lowest BCUT2D eigenvalue weighted by Crippen LogP contribution is -2.38. The topological polar surface area (TPSA) is 71.4 Å². The highest BCUT2D eigenvalue weighted by atomic mass is 16.1. The van der Waals surface area contributed by atoms with Gasteiger partial charge in [0.05, 0.1) is 12.1 Å². The van der Waals surface area contributed by atoms with Crippen molar-refractivity contribution in [2.24, 2.45) is 10.8 Å². The number of hydrogen-bond donors (Lipinski definition) is 2. The van der Waals surface area contributed by atoms with Crippen molar-refractivity contribution in [1.82, 2.24) is 20.4 Å². The minimum atomic E-state index is 0.0230. The Balaban J connectivity index is 4.31. The van der Waals surface area contributed by atoms with Crippen LogP contribution < -0.4 is 10.6 Å². The van der Waals surface area contributed by atoms with E-state index in [0.717, 1.165) is 51.3 Å². The average molecular weight is 394 g/mol. The lowest BCUT2D eigenvalue weighted by Gasteiger charge is -2.29. The first-order chi connectivity index (χ1) is 12.9. The highest BCUT2D eigenvalue weighted by Crippen LogP contribution is 2.20. The molecule has 0 aliphatic rings. The van der Waals surface area contributed by atoms with Crippen LogP contribution in [0.3, 0.4) is 0 Å². The minimum absolute atomic E-state index is 0.0230. The van der Waals surface area contributed by atoms with E-state index in [2.05, 4.69) is 68.2 Å². The average Bonchev–Trinajstić information content (AvgIpc) is 2.58. The smallest absolute Gasteiger partial charge is 0.216 e. The molecule has 0 bridgehead atoms. The van der Waals surface area contributed by atoms with E-state index in [1.165, 1.54) is 0 Å². The maximum atomic E-state index is 11.1. The summed E-state index contributed by atoms with van der Waals surface area (Å²) in [5.74, 6) is 0.908. The first-order valence-electron chi connectivity index (χ1n) is 10.3. The summed E-state index contributed by atoms with van der Waals surface area (Å²) in [7, 11) is 4.14. The zero-order valence-electron chi connectivity index (χ0n) is 19.5. The van der Waals surface area contributed by atoms with Gasteiger partial charge in [0.1, 0.15) is 5.82 Å². The summed E-state index contributed by atoms with van der Waals surface area (Å²) in [5, 5.41) is 15.4. The molecule has 6 nitrogen and oxygen atoms in total. The second-order valence-corrected chi connectivity index (χ2v) is 9.80. The van der Waals surface area contributed by atoms with E-state index >= 15 is 0 Å². The number of allylic oxidation sites excluding steroid dienone is 1. The van der Waals surface area contributed by atoms with Crippen molar-refractivity contribution in [3.05, 3.63) is 11.9 Å². The van der Waals surface area contributed by atoms with E-state index in [1.807, 2.05) is 7.05 Å². The Morgan fingerprint density at radius 3 is 2.21 bits per heavy atom. The van der Waals surface area contributed by atoms with Crippen LogP contribution in [0.15, 0.2) is 11.9 Å². The standard InChI is InChI=1S/C22H43N5O/c1-19(28)25-18-22(5,6)12-15-26(7)16-17-27(8)20(10-13-23)24-14-9-11-21(2,3)4/h10,24H,9,11-12,14-18H2,1-8H3,(H,25,28)/b20-10-. The zero-order chi connectivity index (χ0) is 21.8. The summed E-state index contributed by atoms with van der Waals surface area (Å²) < 4.78 is 0. The van der Waals surface area contributed by atoms with Gasteiger partial charge in [-0.25, -0.2) is 0 Å². The summed E-state index contributed by atoms with van der Waals surface area (Å²) in [6, 6.07) is 2.15. The van der Waals surface area contributed by atoms with E-state index in [4.69, 9.17) is 5.26 Å². The van der Waals surface area contributed by atoms with Crippen molar-refractivity contribution in [2.75, 3.05) is 46.8 Å². The van der Waals surface area contributed by atoms with Gasteiger partial charge in [0.15, 0.2) is 0 Å². The molecule has 6 heteroatoms. The van der Waals surface area contributed by atoms with Gasteiger partial charge in [-0.1, -0.05) is 34.6 Å². The van der Waals surface area contributed by atoms with Gasteiger partial charge in [0, 0.05) is 40.2 Å². The van der Waals surface area contributed by atoms with Crippen LogP contribution in [0.25, 0.3) is 0 Å². The third kappa shape index (κ3) is 14.3. The lowest BCUT2D eigenvalue weighted by atomic mass is 9.89. The van der Waals surface area contributed by atoms with E-state index in [1.54, 1.807) is 13.0 Å². The molecule has 1 amide bonds. The molecule has 0 atom stereocenters. The van der Waals surface area contributed by atoms with Crippen LogP contribution >= 0.6 is 0 Å². The number of nitrogens with one attached hydrogen (secondary N) is 2. The van der Waals surface area contributed by atoms with Gasteiger partial charge in [-0.3, -0.25) is 4.79 Å². The van der Waals surface area contributed by atoms with Gasteiger partial charge in [0.2, 0.25) is 5.91 Å². The predicted molar refractivity (Wildman–Crippen MR) is 118 cm³/mol. The molecule has 0 aromatic rings. The maximum Gasteiger partial charge on any atom is 0.216 e. The second-order valence-electron chi connectivity index (χ2n) is 9.80. The predicted octanol–water partition coefficient (Wildman–Crippen LogP) is 3.18. The molecule has 2 N–H and O–H groups in total. The van der Waals surface area contributed by atoms with Crippen molar-refractivity contribution in [3.63, 3.8) is 0 Å². The number of likely N-dealkylation sites (N-methyl/N-ethyl adjacent to an activating group) is 2. The van der Waals surface area contributed by atoms with Crippen LogP contribution in [0.2, 0.25) is 0 Å². The van der Waals surface area contributed by atoms with E-state index in [-0.39, 0.29) is 11.3 Å². The molecule has 0 aromatic carbocycles. The molecule has 0 aromatic heterocycles. The summed E-state index contributed by atoms with van der Waals surface area (Å²) in [6.45, 7) is 17.0. The molecule has 0 heterocycles. The minimum Gasteiger partial charge on any atom is -0.371 e. The monoisotopic (exact) mass is 393 g/mol. The summed E-state index contributed by atoms with van der Waals surface area (Å²) in [5.41, 5.74) is 0.412. The fourth-order valence-corrected chi connectivity index (χ4v) is 2.69. The van der Waals surface area contributed by atoms with Crippen molar-refractivity contribution < 1.29 is 4.79 Å². The van der Waals surface area contributed by atoms with Gasteiger partial charge in [-0.2, -0.15) is 5.26 Å². The first-order valence-corrected chi connectivity index (χ1v) is 10.3. The Bertz CT molecular complexity index is 528. The van der Waals surface area contributed by atoms with Crippen molar-refractivity contribution in [2.45, 2.75) is 60.8 Å². The third-order valence-corrected chi connectivity index (χ3v) is 4.83. The Kier molecular flexibility index (Phi) is 11.9. The largest absolute Gasteiger partial charge is 0.371 e. The molecule has 0 fully saturated rings. The highest BCUT2D eigenvalue weighted by molar-refractivity contribution is 5.72. The van der Waals surface area contributed by atoms with Gasteiger partial charge in [0.25, 0.3) is 0 Å². The molecular formula is C22H43N5O. The quantitative estimate of drug-likeness (QED) is 0.371. The molecule has 0 rings (SSSR count). The number of nitrogens with zero attached hydrogens (tertiary/aromatic N) is 3. The van der Waals surface area contributed by atoms with Crippen LogP contribution in [0, 0.1) is 22.2 Å². The van der Waals surface area contributed by atoms with Crippen LogP contribution in [0.1, 0.15) is 60.8 Å². The normalized spacial score (nSPS) is 12.6. The molecule has 0 saturated heterocycles. The Hall–Kier alpha value is -1.74. The van der Waals surface area contributed by atoms with Crippen LogP contribution in [-0.2, 0) is 4.79 Å². The Morgan fingerprint density at radius 1 is 1.04 bits per heavy atom. The first kappa shape index (κ1) is 26.3. The Labute approximate surface area is 173 Å². The molecule has 0 radical (unpaired) electrons. The fraction of sp³-hybridized carbons (Fsp3) is 0.818. The number of hydrogen-bond acceptors (Lipinski definition) is 5. The van der Waals surface area contributed by atoms with Gasteiger partial charge in [-0.05, 0) is 43.7 Å². The van der Waals surface area contributed by atoms with E-state index in [0.29, 0.717) is 12.0 Å². The number of carbonyl (C=O) groups excluding carboxylic acids is 1. The number of nitriles is 1. The number of carbonyl (C=O) groups is 1. The fourth-order valence-electron chi connectivity index (χ4n) is 2.69. The molecule has 0 spiro atoms. The van der Waals surface area contributed by atoms with Crippen molar-refractivity contribution >= 4 is 5.91 Å². The lowest BCUT2D eigenvalue weighted by molar-refractivity contribution is -0.119. The van der Waals surface area contributed by atoms with Gasteiger partial charge in [-0.15, -0.1) is 0 Å². The zero-order valence-corrected chi connectivity index (χ0v) is 19.5. The van der Waals surface area contributed by atoms with Crippen LogP contribution in [-0.4, -0.2) is 62.5 Å². The molecular weight excluding hydrogens is 350 g/mol. The SMILES string of the molecule is CC(=O)NCC(C)(C)CCN(C)CCN(C)/C(=C\C#N)NCCCC(C)(C)C. The van der Waals surface area contributed by atoms with Crippen LogP contribution in [0.5, 0.6) is 0 Å². The summed E-state index contributed by atoms with van der Waals surface area (Å²) in [4.78, 5) is 15.5. The van der Waals surface area contributed by atoms with Crippen molar-refractivity contribution in [1.29, 1.82) is 5.26 Å². The molecule has 28 heavy (non-hydrogen) atoms. The van der Waals surface area contributed by atoms with Crippen LogP contribution in [0.4, 0.5) is 0 Å². The molecule has 0 saturated carbocycles. The number of rotatable bonds is 13. The molecule has 0 aliphatic heterocycles. The molecule has 162 valence electrons. The summed E-state index contributed by atoms with van der Waals surface area (Å²) >= 11 is 0. The maximum absolute atomic E-state index is 11.1. The molecule has 0 unspecified atom stereocenters. The number of amides is 1. The molecule has 0 aliphatic carbocycles. The summed E-state index contributed by atoms with van der Waals surface area (Å²) in [6.07, 6.45) is 4.84. The Morgan fingerprint density at radius 2 is 1.68 bits per heavy atom. The second kappa shape index (κ2) is 12.7. The van der Waals surface area contributed by atoms with Gasteiger partial charge >= 0.3 is 0 Å². The van der Waals surface area contributed by atoms with Crippen molar-refractivity contribution in [3.8, 4) is 6.07 Å².